The van der Waals surface area contributed by atoms with Gasteiger partial charge in [0, 0.05) is 23.5 Å². The number of hydrogen-bond acceptors (Lipinski definition) is 5. The predicted octanol–water partition coefficient (Wildman–Crippen LogP) is 5.19. The predicted molar refractivity (Wildman–Crippen MR) is 139 cm³/mol. The van der Waals surface area contributed by atoms with Gasteiger partial charge in [0.25, 0.3) is 0 Å². The van der Waals surface area contributed by atoms with Crippen molar-refractivity contribution in [3.63, 3.8) is 0 Å². The van der Waals surface area contributed by atoms with Gasteiger partial charge in [-0.15, -0.1) is 11.3 Å². The van der Waals surface area contributed by atoms with Crippen molar-refractivity contribution in [3.8, 4) is 5.75 Å². The molecule has 2 heterocycles. The van der Waals surface area contributed by atoms with Crippen LogP contribution >= 0.6 is 11.3 Å². The van der Waals surface area contributed by atoms with Crippen LogP contribution < -0.4 is 4.74 Å². The van der Waals surface area contributed by atoms with E-state index in [1.165, 1.54) is 21.3 Å². The van der Waals surface area contributed by atoms with Crippen LogP contribution in [0.4, 0.5) is 4.39 Å². The number of sulfonamides is 1. The van der Waals surface area contributed by atoms with Crippen LogP contribution in [0.5, 0.6) is 5.75 Å². The molecular weight excluding hydrogens is 499 g/mol. The number of amides is 1. The third-order valence-electron chi connectivity index (χ3n) is 6.62. The van der Waals surface area contributed by atoms with Crippen molar-refractivity contribution in [2.45, 2.75) is 50.6 Å². The van der Waals surface area contributed by atoms with Gasteiger partial charge in [0.05, 0.1) is 17.5 Å². The van der Waals surface area contributed by atoms with E-state index in [-0.39, 0.29) is 30.0 Å². The summed E-state index contributed by atoms with van der Waals surface area (Å²) >= 11 is 1.63. The summed E-state index contributed by atoms with van der Waals surface area (Å²) in [6.07, 6.45) is 1.27. The lowest BCUT2D eigenvalue weighted by atomic mass is 10.0. The minimum atomic E-state index is -3.88. The molecule has 0 saturated carbocycles. The van der Waals surface area contributed by atoms with Crippen molar-refractivity contribution in [1.29, 1.82) is 0 Å². The number of ether oxygens (including phenoxy) is 1. The lowest BCUT2D eigenvalue weighted by Crippen LogP contribution is -2.49. The van der Waals surface area contributed by atoms with Crippen molar-refractivity contribution in [1.82, 2.24) is 9.21 Å². The Morgan fingerprint density at radius 2 is 1.97 bits per heavy atom. The third kappa shape index (κ3) is 5.63. The van der Waals surface area contributed by atoms with Gasteiger partial charge in [0.2, 0.25) is 15.9 Å². The quantitative estimate of drug-likeness (QED) is 0.382. The third-order valence-corrected chi connectivity index (χ3v) is 9.59. The zero-order valence-electron chi connectivity index (χ0n) is 20.7. The molecule has 9 heteroatoms. The molecule has 3 aromatic rings. The standard InChI is InChI=1S/C27H31FN2O4S2/c1-4-20(3)30(36(32,33)23-10-8-19(2)9-11-23)17-27(31)29-14-12-26-24(13-15-35-26)25(29)18-34-22-7-5-6-21(28)16-22/h5-11,13,15-16,20,25H,4,12,14,17-18H2,1-3H3/t20-,25-/m0/s1. The number of carbonyl (C=O) groups excluding carboxylic acids is 1. The summed E-state index contributed by atoms with van der Waals surface area (Å²) in [4.78, 5) is 16.7. The van der Waals surface area contributed by atoms with Crippen molar-refractivity contribution >= 4 is 27.3 Å². The molecule has 0 saturated heterocycles. The molecule has 0 unspecified atom stereocenters. The molecule has 0 radical (unpaired) electrons. The average Bonchev–Trinajstić information content (AvgIpc) is 3.34. The van der Waals surface area contributed by atoms with E-state index in [1.54, 1.807) is 52.6 Å². The molecule has 2 atom stereocenters. The number of benzene rings is 2. The van der Waals surface area contributed by atoms with Gasteiger partial charge in [-0.2, -0.15) is 4.31 Å². The molecule has 0 fully saturated rings. The van der Waals surface area contributed by atoms with Gasteiger partial charge in [-0.05, 0) is 68.0 Å². The van der Waals surface area contributed by atoms with E-state index in [2.05, 4.69) is 0 Å². The van der Waals surface area contributed by atoms with E-state index in [9.17, 15) is 17.6 Å². The number of rotatable bonds is 9. The maximum Gasteiger partial charge on any atom is 0.243 e. The van der Waals surface area contributed by atoms with Gasteiger partial charge in [-0.25, -0.2) is 12.8 Å². The number of fused-ring (bicyclic) bond motifs is 1. The zero-order chi connectivity index (χ0) is 25.9. The fraction of sp³-hybridized carbons (Fsp3) is 0.370. The van der Waals surface area contributed by atoms with Crippen LogP contribution in [0, 0.1) is 12.7 Å². The van der Waals surface area contributed by atoms with Gasteiger partial charge < -0.3 is 9.64 Å². The zero-order valence-corrected chi connectivity index (χ0v) is 22.3. The number of halogens is 1. The SMILES string of the molecule is CC[C@H](C)N(CC(=O)N1CCc2sccc2[C@@H]1COc1cccc(F)c1)S(=O)(=O)c1ccc(C)cc1. The van der Waals surface area contributed by atoms with E-state index in [0.717, 1.165) is 11.1 Å². The van der Waals surface area contributed by atoms with Gasteiger partial charge in [0.1, 0.15) is 18.2 Å². The van der Waals surface area contributed by atoms with E-state index in [4.69, 9.17) is 4.74 Å². The first-order valence-electron chi connectivity index (χ1n) is 12.0. The Balaban J connectivity index is 1.59. The minimum Gasteiger partial charge on any atom is -0.491 e. The molecule has 192 valence electrons. The largest absolute Gasteiger partial charge is 0.491 e. The highest BCUT2D eigenvalue weighted by Crippen LogP contribution is 2.34. The smallest absolute Gasteiger partial charge is 0.243 e. The van der Waals surface area contributed by atoms with E-state index in [1.807, 2.05) is 32.2 Å². The summed E-state index contributed by atoms with van der Waals surface area (Å²) in [5, 5.41) is 1.99. The second kappa shape index (κ2) is 11.1. The summed E-state index contributed by atoms with van der Waals surface area (Å²) in [6.45, 7) is 5.96. The van der Waals surface area contributed by atoms with Crippen molar-refractivity contribution in [2.75, 3.05) is 19.7 Å². The molecule has 0 aliphatic carbocycles. The number of carbonyl (C=O) groups is 1. The molecule has 2 aromatic carbocycles. The summed E-state index contributed by atoms with van der Waals surface area (Å²) in [5.74, 6) is -0.297. The lowest BCUT2D eigenvalue weighted by molar-refractivity contribution is -0.135. The monoisotopic (exact) mass is 530 g/mol. The van der Waals surface area contributed by atoms with Gasteiger partial charge >= 0.3 is 0 Å². The second-order valence-electron chi connectivity index (χ2n) is 9.04. The maximum atomic E-state index is 13.7. The van der Waals surface area contributed by atoms with Crippen molar-refractivity contribution < 1.29 is 22.3 Å². The van der Waals surface area contributed by atoms with E-state index in [0.29, 0.717) is 25.1 Å². The fourth-order valence-electron chi connectivity index (χ4n) is 4.36. The Kier molecular flexibility index (Phi) is 8.12. The minimum absolute atomic E-state index is 0.146. The number of aryl methyl sites for hydroxylation is 1. The highest BCUT2D eigenvalue weighted by atomic mass is 32.2. The molecular formula is C27H31FN2O4S2. The Bertz CT molecular complexity index is 1310. The Morgan fingerprint density at radius 3 is 2.67 bits per heavy atom. The van der Waals surface area contributed by atoms with Crippen LogP contribution in [-0.4, -0.2) is 49.3 Å². The van der Waals surface area contributed by atoms with Crippen molar-refractivity contribution in [2.24, 2.45) is 0 Å². The number of hydrogen-bond donors (Lipinski definition) is 0. The molecule has 0 N–H and O–H groups in total. The van der Waals surface area contributed by atoms with Gasteiger partial charge in [-0.3, -0.25) is 4.79 Å². The fourth-order valence-corrected chi connectivity index (χ4v) is 6.94. The first-order valence-corrected chi connectivity index (χ1v) is 14.3. The number of nitrogens with zero attached hydrogens (tertiary/aromatic N) is 2. The molecule has 0 bridgehead atoms. The van der Waals surface area contributed by atoms with Crippen LogP contribution in [0.3, 0.4) is 0 Å². The molecule has 0 spiro atoms. The number of thiophene rings is 1. The van der Waals surface area contributed by atoms with Crippen LogP contribution in [0.15, 0.2) is 64.9 Å². The molecule has 1 aromatic heterocycles. The second-order valence-corrected chi connectivity index (χ2v) is 11.9. The molecule has 1 aliphatic heterocycles. The highest BCUT2D eigenvalue weighted by molar-refractivity contribution is 7.89. The van der Waals surface area contributed by atoms with E-state index < -0.39 is 21.9 Å². The van der Waals surface area contributed by atoms with E-state index >= 15 is 0 Å². The Morgan fingerprint density at radius 1 is 1.22 bits per heavy atom. The first kappa shape index (κ1) is 26.3. The lowest BCUT2D eigenvalue weighted by Gasteiger charge is -2.37. The van der Waals surface area contributed by atoms with Crippen molar-refractivity contribution in [3.05, 3.63) is 81.8 Å². The van der Waals surface area contributed by atoms with Gasteiger partial charge in [-0.1, -0.05) is 30.7 Å². The average molecular weight is 531 g/mol. The maximum absolute atomic E-state index is 13.7. The summed E-state index contributed by atoms with van der Waals surface area (Å²) < 4.78 is 47.9. The van der Waals surface area contributed by atoms with Crippen LogP contribution in [-0.2, 0) is 21.2 Å². The normalized spacial score (nSPS) is 16.6. The summed E-state index contributed by atoms with van der Waals surface area (Å²) in [7, 11) is -3.88. The van der Waals surface area contributed by atoms with Crippen LogP contribution in [0.1, 0.15) is 42.3 Å². The van der Waals surface area contributed by atoms with Crippen LogP contribution in [0.25, 0.3) is 0 Å². The molecule has 1 amide bonds. The summed E-state index contributed by atoms with van der Waals surface area (Å²) in [6, 6.07) is 13.8. The molecule has 1 aliphatic rings. The van der Waals surface area contributed by atoms with Crippen LogP contribution in [0.2, 0.25) is 0 Å². The Hall–Kier alpha value is -2.75. The topological polar surface area (TPSA) is 66.9 Å². The van der Waals surface area contributed by atoms with Gasteiger partial charge in [0.15, 0.2) is 0 Å². The molecule has 6 nitrogen and oxygen atoms in total. The first-order chi connectivity index (χ1) is 17.2. The molecule has 36 heavy (non-hydrogen) atoms. The highest BCUT2D eigenvalue weighted by Gasteiger charge is 2.36. The Labute approximate surface area is 216 Å². The molecule has 4 rings (SSSR count). The summed E-state index contributed by atoms with van der Waals surface area (Å²) in [5.41, 5.74) is 1.95.